The molecule has 0 aliphatic carbocycles. The highest BCUT2D eigenvalue weighted by atomic mass is 16.5. The van der Waals surface area contributed by atoms with Gasteiger partial charge >= 0.3 is 5.97 Å². The molecule has 0 bridgehead atoms. The zero-order valence-electron chi connectivity index (χ0n) is 12.7. The number of aromatic nitrogens is 1. The Balaban J connectivity index is 2.48. The van der Waals surface area contributed by atoms with Crippen LogP contribution >= 0.6 is 0 Å². The van der Waals surface area contributed by atoms with Crippen molar-refractivity contribution < 1.29 is 14.6 Å². The van der Waals surface area contributed by atoms with Crippen LogP contribution < -0.4 is 10.3 Å². The van der Waals surface area contributed by atoms with Gasteiger partial charge < -0.3 is 14.4 Å². The van der Waals surface area contributed by atoms with Gasteiger partial charge in [0.1, 0.15) is 5.75 Å². The molecular formula is C17H19NO4. The van der Waals surface area contributed by atoms with E-state index in [2.05, 4.69) is 0 Å². The molecule has 0 saturated heterocycles. The van der Waals surface area contributed by atoms with Crippen LogP contribution in [0.3, 0.4) is 0 Å². The van der Waals surface area contributed by atoms with Crippen molar-refractivity contribution in [2.24, 2.45) is 7.05 Å². The molecule has 2 aromatic rings. The molecule has 5 nitrogen and oxygen atoms in total. The fourth-order valence-corrected chi connectivity index (χ4v) is 2.27. The second-order valence-electron chi connectivity index (χ2n) is 5.02. The largest absolute Gasteiger partial charge is 0.493 e. The van der Waals surface area contributed by atoms with Gasteiger partial charge in [-0.1, -0.05) is 25.1 Å². The van der Waals surface area contributed by atoms with Gasteiger partial charge in [0.05, 0.1) is 18.7 Å². The van der Waals surface area contributed by atoms with E-state index in [4.69, 9.17) is 9.84 Å². The van der Waals surface area contributed by atoms with E-state index >= 15 is 0 Å². The number of aliphatic carboxylic acids is 1. The summed E-state index contributed by atoms with van der Waals surface area (Å²) in [6.07, 6.45) is 0.617. The Morgan fingerprint density at radius 2 is 1.95 bits per heavy atom. The lowest BCUT2D eigenvalue weighted by molar-refractivity contribution is -0.136. The lowest BCUT2D eigenvalue weighted by Crippen LogP contribution is -2.24. The van der Waals surface area contributed by atoms with Gasteiger partial charge in [0, 0.05) is 18.2 Å². The minimum Gasteiger partial charge on any atom is -0.493 e. The van der Waals surface area contributed by atoms with Crippen molar-refractivity contribution in [2.45, 2.75) is 19.8 Å². The molecule has 0 atom stereocenters. The molecule has 2 rings (SSSR count). The molecule has 5 heteroatoms. The lowest BCUT2D eigenvalue weighted by atomic mass is 10.1. The number of pyridine rings is 1. The van der Waals surface area contributed by atoms with Crippen LogP contribution in [0.5, 0.6) is 5.75 Å². The lowest BCUT2D eigenvalue weighted by Gasteiger charge is -2.14. The van der Waals surface area contributed by atoms with E-state index in [-0.39, 0.29) is 17.5 Å². The van der Waals surface area contributed by atoms with Crippen LogP contribution in [-0.2, 0) is 18.3 Å². The van der Waals surface area contributed by atoms with Crippen LogP contribution in [0.1, 0.15) is 18.9 Å². The summed E-state index contributed by atoms with van der Waals surface area (Å²) >= 11 is 0. The number of para-hydroxylation sites is 1. The van der Waals surface area contributed by atoms with Crippen molar-refractivity contribution in [1.82, 2.24) is 4.57 Å². The molecule has 0 radical (unpaired) electrons. The van der Waals surface area contributed by atoms with Gasteiger partial charge in [0.25, 0.3) is 5.56 Å². The van der Waals surface area contributed by atoms with Gasteiger partial charge in [-0.2, -0.15) is 0 Å². The monoisotopic (exact) mass is 301 g/mol. The predicted molar refractivity (Wildman–Crippen MR) is 84.2 cm³/mol. The number of hydrogen-bond donors (Lipinski definition) is 1. The molecule has 0 spiro atoms. The summed E-state index contributed by atoms with van der Waals surface area (Å²) in [5.74, 6) is -0.304. The molecule has 0 amide bonds. The molecule has 1 heterocycles. The van der Waals surface area contributed by atoms with Crippen molar-refractivity contribution >= 4 is 5.97 Å². The highest BCUT2D eigenvalue weighted by Gasteiger charge is 2.13. The second kappa shape index (κ2) is 6.93. The maximum Gasteiger partial charge on any atom is 0.308 e. The Kier molecular flexibility index (Phi) is 4.99. The maximum atomic E-state index is 12.3. The van der Waals surface area contributed by atoms with Crippen LogP contribution in [-0.4, -0.2) is 22.2 Å². The van der Waals surface area contributed by atoms with Crippen molar-refractivity contribution in [3.05, 3.63) is 52.3 Å². The van der Waals surface area contributed by atoms with E-state index in [1.165, 1.54) is 4.57 Å². The minimum absolute atomic E-state index is 0.269. The van der Waals surface area contributed by atoms with Crippen LogP contribution in [0.15, 0.2) is 41.2 Å². The van der Waals surface area contributed by atoms with E-state index < -0.39 is 5.97 Å². The Bertz CT molecular complexity index is 734. The van der Waals surface area contributed by atoms with Crippen molar-refractivity contribution in [1.29, 1.82) is 0 Å². The summed E-state index contributed by atoms with van der Waals surface area (Å²) in [6, 6.07) is 10.8. The van der Waals surface area contributed by atoms with Gasteiger partial charge in [-0.05, 0) is 24.6 Å². The maximum absolute atomic E-state index is 12.3. The number of carboxylic acids is 1. The highest BCUT2D eigenvalue weighted by molar-refractivity contribution is 5.71. The summed E-state index contributed by atoms with van der Waals surface area (Å²) in [4.78, 5) is 23.1. The van der Waals surface area contributed by atoms with E-state index in [0.29, 0.717) is 18.1 Å². The third-order valence-electron chi connectivity index (χ3n) is 3.35. The van der Waals surface area contributed by atoms with Crippen LogP contribution in [0.2, 0.25) is 0 Å². The number of hydrogen-bond acceptors (Lipinski definition) is 3. The summed E-state index contributed by atoms with van der Waals surface area (Å²) in [7, 11) is 1.64. The summed E-state index contributed by atoms with van der Waals surface area (Å²) < 4.78 is 7.19. The second-order valence-corrected chi connectivity index (χ2v) is 5.02. The summed E-state index contributed by atoms with van der Waals surface area (Å²) in [5, 5.41) is 8.84. The molecule has 116 valence electrons. The molecule has 1 N–H and O–H groups in total. The molecule has 1 aromatic heterocycles. The standard InChI is InChI=1S/C17H19NO4/c1-3-10-22-15-7-5-4-6-13(15)14-9-8-12(11-16(19)20)17(21)18(14)2/h4-9H,3,10-11H2,1-2H3,(H,19,20). The minimum atomic E-state index is -1.02. The average Bonchev–Trinajstić information content (AvgIpc) is 2.50. The molecule has 0 unspecified atom stereocenters. The Labute approximate surface area is 128 Å². The van der Waals surface area contributed by atoms with Crippen molar-refractivity contribution in [3.63, 3.8) is 0 Å². The van der Waals surface area contributed by atoms with E-state index in [9.17, 15) is 9.59 Å². The smallest absolute Gasteiger partial charge is 0.308 e. The van der Waals surface area contributed by atoms with E-state index in [1.807, 2.05) is 31.2 Å². The molecule has 0 saturated carbocycles. The predicted octanol–water partition coefficient (Wildman–Crippen LogP) is 2.47. The molecule has 22 heavy (non-hydrogen) atoms. The van der Waals surface area contributed by atoms with Crippen LogP contribution in [0.4, 0.5) is 0 Å². The topological polar surface area (TPSA) is 68.5 Å². The first-order valence-corrected chi connectivity index (χ1v) is 7.17. The number of ether oxygens (including phenoxy) is 1. The Morgan fingerprint density at radius 1 is 1.23 bits per heavy atom. The third-order valence-corrected chi connectivity index (χ3v) is 3.35. The SMILES string of the molecule is CCCOc1ccccc1-c1ccc(CC(=O)O)c(=O)n1C. The molecular weight excluding hydrogens is 282 g/mol. The Morgan fingerprint density at radius 3 is 2.64 bits per heavy atom. The summed E-state index contributed by atoms with van der Waals surface area (Å²) in [6.45, 7) is 2.63. The quantitative estimate of drug-likeness (QED) is 0.890. The average molecular weight is 301 g/mol. The number of benzene rings is 1. The molecule has 0 aliphatic heterocycles. The fourth-order valence-electron chi connectivity index (χ4n) is 2.27. The normalized spacial score (nSPS) is 10.5. The van der Waals surface area contributed by atoms with Gasteiger partial charge in [-0.15, -0.1) is 0 Å². The number of nitrogens with zero attached hydrogens (tertiary/aromatic N) is 1. The van der Waals surface area contributed by atoms with Gasteiger partial charge in [-0.3, -0.25) is 9.59 Å². The highest BCUT2D eigenvalue weighted by Crippen LogP contribution is 2.29. The first kappa shape index (κ1) is 15.8. The van der Waals surface area contributed by atoms with Gasteiger partial charge in [0.15, 0.2) is 0 Å². The number of carboxylic acid groups (broad SMARTS) is 1. The molecule has 0 aliphatic rings. The zero-order chi connectivity index (χ0) is 16.1. The summed E-state index contributed by atoms with van der Waals surface area (Å²) in [5.41, 5.74) is 1.49. The molecule has 1 aromatic carbocycles. The van der Waals surface area contributed by atoms with E-state index in [0.717, 1.165) is 12.0 Å². The van der Waals surface area contributed by atoms with Gasteiger partial charge in [-0.25, -0.2) is 0 Å². The number of carbonyl (C=O) groups is 1. The van der Waals surface area contributed by atoms with Gasteiger partial charge in [0.2, 0.25) is 0 Å². The van der Waals surface area contributed by atoms with Crippen molar-refractivity contribution in [2.75, 3.05) is 6.61 Å². The third kappa shape index (κ3) is 3.36. The fraction of sp³-hybridized carbons (Fsp3) is 0.294. The number of rotatable bonds is 6. The first-order valence-electron chi connectivity index (χ1n) is 7.17. The van der Waals surface area contributed by atoms with Crippen molar-refractivity contribution in [3.8, 4) is 17.0 Å². The zero-order valence-corrected chi connectivity index (χ0v) is 12.7. The molecule has 0 fully saturated rings. The first-order chi connectivity index (χ1) is 10.5. The van der Waals surface area contributed by atoms with Crippen LogP contribution in [0.25, 0.3) is 11.3 Å². The Hall–Kier alpha value is -2.56. The van der Waals surface area contributed by atoms with E-state index in [1.54, 1.807) is 19.2 Å². The van der Waals surface area contributed by atoms with Crippen LogP contribution in [0, 0.1) is 0 Å².